The van der Waals surface area contributed by atoms with Crippen LogP contribution < -0.4 is 5.73 Å². The van der Waals surface area contributed by atoms with Gasteiger partial charge in [-0.05, 0) is 23.8 Å². The van der Waals surface area contributed by atoms with Gasteiger partial charge in [-0.3, -0.25) is 14.8 Å². The van der Waals surface area contributed by atoms with Crippen LogP contribution in [0.4, 0.5) is 0 Å². The third-order valence-corrected chi connectivity index (χ3v) is 4.01. The van der Waals surface area contributed by atoms with Gasteiger partial charge in [0.1, 0.15) is 5.65 Å². The molecule has 4 aromatic heterocycles. The fourth-order valence-corrected chi connectivity index (χ4v) is 2.87. The van der Waals surface area contributed by atoms with Crippen molar-refractivity contribution in [3.05, 3.63) is 67.0 Å². The number of carbonyl (C=O) groups is 1. The second-order valence-electron chi connectivity index (χ2n) is 5.79. The lowest BCUT2D eigenvalue weighted by atomic mass is 10.0. The number of rotatable bonds is 4. The highest BCUT2D eigenvalue weighted by molar-refractivity contribution is 5.95. The maximum Gasteiger partial charge on any atom is 0.221 e. The molecule has 0 unspecified atom stereocenters. The van der Waals surface area contributed by atoms with Crippen molar-refractivity contribution < 1.29 is 4.79 Å². The summed E-state index contributed by atoms with van der Waals surface area (Å²) in [6, 6.07) is 7.89. The number of nitrogens with zero attached hydrogens (tertiary/aromatic N) is 3. The number of primary amides is 1. The van der Waals surface area contributed by atoms with Crippen LogP contribution in [0.3, 0.4) is 0 Å². The maximum absolute atomic E-state index is 11.1. The number of aromatic nitrogens is 4. The summed E-state index contributed by atoms with van der Waals surface area (Å²) in [5.74, 6) is -0.378. The first-order chi connectivity index (χ1) is 12.2. The maximum atomic E-state index is 11.1. The van der Waals surface area contributed by atoms with E-state index in [1.165, 1.54) is 0 Å². The second-order valence-corrected chi connectivity index (χ2v) is 5.79. The molecule has 6 heteroatoms. The van der Waals surface area contributed by atoms with Crippen LogP contribution in [0, 0.1) is 0 Å². The van der Waals surface area contributed by atoms with Gasteiger partial charge in [0.05, 0.1) is 6.42 Å². The lowest BCUT2D eigenvalue weighted by molar-refractivity contribution is -0.117. The summed E-state index contributed by atoms with van der Waals surface area (Å²) in [6.45, 7) is 0. The van der Waals surface area contributed by atoms with Crippen molar-refractivity contribution in [3.63, 3.8) is 0 Å². The summed E-state index contributed by atoms with van der Waals surface area (Å²) in [4.78, 5) is 27.2. The zero-order chi connectivity index (χ0) is 17.2. The molecule has 122 valence electrons. The van der Waals surface area contributed by atoms with Crippen molar-refractivity contribution in [1.82, 2.24) is 19.9 Å². The van der Waals surface area contributed by atoms with E-state index >= 15 is 0 Å². The number of H-pyrrole nitrogens is 1. The SMILES string of the molecule is NC(=O)Cc1cncc(-c2cnc3[nH]cc(-c4cccnc4)c3c2)c1. The van der Waals surface area contributed by atoms with Gasteiger partial charge in [-0.1, -0.05) is 6.07 Å². The van der Waals surface area contributed by atoms with Gasteiger partial charge in [-0.2, -0.15) is 0 Å². The zero-order valence-electron chi connectivity index (χ0n) is 13.3. The van der Waals surface area contributed by atoms with E-state index in [0.717, 1.165) is 38.9 Å². The first kappa shape index (κ1) is 15.0. The molecular weight excluding hydrogens is 314 g/mol. The minimum Gasteiger partial charge on any atom is -0.369 e. The third kappa shape index (κ3) is 2.97. The monoisotopic (exact) mass is 329 g/mol. The van der Waals surface area contributed by atoms with Crippen molar-refractivity contribution in [1.29, 1.82) is 0 Å². The van der Waals surface area contributed by atoms with E-state index in [0.29, 0.717) is 0 Å². The molecule has 0 aliphatic carbocycles. The van der Waals surface area contributed by atoms with E-state index in [2.05, 4.69) is 26.0 Å². The molecule has 0 radical (unpaired) electrons. The Balaban J connectivity index is 1.80. The predicted molar refractivity (Wildman–Crippen MR) is 95.5 cm³/mol. The molecule has 0 bridgehead atoms. The number of nitrogens with one attached hydrogen (secondary N) is 1. The van der Waals surface area contributed by atoms with Crippen LogP contribution in [-0.2, 0) is 11.2 Å². The summed E-state index contributed by atoms with van der Waals surface area (Å²) >= 11 is 0. The Kier molecular flexibility index (Phi) is 3.70. The molecule has 6 nitrogen and oxygen atoms in total. The molecule has 4 aromatic rings. The van der Waals surface area contributed by atoms with Crippen LogP contribution in [0.1, 0.15) is 5.56 Å². The number of hydrogen-bond acceptors (Lipinski definition) is 4. The van der Waals surface area contributed by atoms with Crippen molar-refractivity contribution in [3.8, 4) is 22.3 Å². The lowest BCUT2D eigenvalue weighted by Crippen LogP contribution is -2.13. The quantitative estimate of drug-likeness (QED) is 0.601. The highest BCUT2D eigenvalue weighted by Gasteiger charge is 2.10. The fraction of sp³-hybridized carbons (Fsp3) is 0.0526. The highest BCUT2D eigenvalue weighted by atomic mass is 16.1. The van der Waals surface area contributed by atoms with Gasteiger partial charge in [-0.25, -0.2) is 4.98 Å². The average Bonchev–Trinajstić information content (AvgIpc) is 3.05. The Bertz CT molecular complexity index is 1060. The molecular formula is C19H15N5O. The zero-order valence-corrected chi connectivity index (χ0v) is 13.3. The number of amides is 1. The van der Waals surface area contributed by atoms with Crippen molar-refractivity contribution in [2.24, 2.45) is 5.73 Å². The van der Waals surface area contributed by atoms with E-state index in [9.17, 15) is 4.79 Å². The fourth-order valence-electron chi connectivity index (χ4n) is 2.87. The summed E-state index contributed by atoms with van der Waals surface area (Å²) < 4.78 is 0. The Morgan fingerprint density at radius 1 is 1.04 bits per heavy atom. The minimum absolute atomic E-state index is 0.168. The Hall–Kier alpha value is -3.54. The molecule has 0 spiro atoms. The predicted octanol–water partition coefficient (Wildman–Crippen LogP) is 2.71. The van der Waals surface area contributed by atoms with E-state index in [1.807, 2.05) is 30.6 Å². The van der Waals surface area contributed by atoms with Crippen LogP contribution in [0.5, 0.6) is 0 Å². The van der Waals surface area contributed by atoms with Crippen LogP contribution in [0.15, 0.2) is 61.4 Å². The largest absolute Gasteiger partial charge is 0.369 e. The summed E-state index contributed by atoms with van der Waals surface area (Å²) in [6.07, 6.45) is 10.9. The number of aromatic amines is 1. The van der Waals surface area contributed by atoms with Gasteiger partial charge >= 0.3 is 0 Å². The van der Waals surface area contributed by atoms with Crippen molar-refractivity contribution >= 4 is 16.9 Å². The first-order valence-electron chi connectivity index (χ1n) is 7.81. The molecule has 0 saturated heterocycles. The molecule has 4 heterocycles. The summed E-state index contributed by atoms with van der Waals surface area (Å²) in [5, 5.41) is 1.01. The molecule has 0 aromatic carbocycles. The van der Waals surface area contributed by atoms with Gasteiger partial charge < -0.3 is 10.7 Å². The van der Waals surface area contributed by atoms with Gasteiger partial charge in [0.15, 0.2) is 0 Å². The highest BCUT2D eigenvalue weighted by Crippen LogP contribution is 2.30. The average molecular weight is 329 g/mol. The molecule has 0 aliphatic heterocycles. The lowest BCUT2D eigenvalue weighted by Gasteiger charge is -2.05. The molecule has 0 fully saturated rings. The minimum atomic E-state index is -0.378. The number of pyridine rings is 3. The standard InChI is InChI=1S/C19H15N5O/c20-18(25)5-12-4-14(9-22-7-12)15-6-16-17(11-24-19(16)23-10-15)13-2-1-3-21-8-13/h1-4,6-11H,5H2,(H2,20,25)(H,23,24). The smallest absolute Gasteiger partial charge is 0.221 e. The molecule has 4 rings (SSSR count). The van der Waals surface area contributed by atoms with E-state index in [-0.39, 0.29) is 12.3 Å². The Morgan fingerprint density at radius 2 is 1.88 bits per heavy atom. The molecule has 25 heavy (non-hydrogen) atoms. The van der Waals surface area contributed by atoms with Crippen LogP contribution >= 0.6 is 0 Å². The van der Waals surface area contributed by atoms with Crippen molar-refractivity contribution in [2.75, 3.05) is 0 Å². The molecule has 0 saturated carbocycles. The first-order valence-corrected chi connectivity index (χ1v) is 7.81. The Morgan fingerprint density at radius 3 is 2.68 bits per heavy atom. The number of fused-ring (bicyclic) bond motifs is 1. The van der Waals surface area contributed by atoms with Crippen LogP contribution in [0.2, 0.25) is 0 Å². The molecule has 0 atom stereocenters. The Labute approximate surface area is 143 Å². The summed E-state index contributed by atoms with van der Waals surface area (Å²) in [5.41, 5.74) is 10.7. The van der Waals surface area contributed by atoms with E-state index in [4.69, 9.17) is 5.73 Å². The third-order valence-electron chi connectivity index (χ3n) is 4.01. The van der Waals surface area contributed by atoms with Gasteiger partial charge in [0.2, 0.25) is 5.91 Å². The number of carbonyl (C=O) groups excluding carboxylic acids is 1. The van der Waals surface area contributed by atoms with Gasteiger partial charge in [0, 0.05) is 64.8 Å². The normalized spacial score (nSPS) is 10.9. The topological polar surface area (TPSA) is 97.5 Å². The van der Waals surface area contributed by atoms with Crippen LogP contribution in [-0.4, -0.2) is 25.8 Å². The second kappa shape index (κ2) is 6.16. The molecule has 0 aliphatic rings. The van der Waals surface area contributed by atoms with Gasteiger partial charge in [0.25, 0.3) is 0 Å². The van der Waals surface area contributed by atoms with Crippen molar-refractivity contribution in [2.45, 2.75) is 6.42 Å². The van der Waals surface area contributed by atoms with E-state index in [1.54, 1.807) is 24.8 Å². The molecule has 1 amide bonds. The van der Waals surface area contributed by atoms with E-state index < -0.39 is 0 Å². The number of nitrogens with two attached hydrogens (primary N) is 1. The van der Waals surface area contributed by atoms with Gasteiger partial charge in [-0.15, -0.1) is 0 Å². The number of hydrogen-bond donors (Lipinski definition) is 2. The molecule has 3 N–H and O–H groups in total. The summed E-state index contributed by atoms with van der Waals surface area (Å²) in [7, 11) is 0. The van der Waals surface area contributed by atoms with Crippen LogP contribution in [0.25, 0.3) is 33.3 Å².